The summed E-state index contributed by atoms with van der Waals surface area (Å²) in [5, 5.41) is 6.57. The van der Waals surface area contributed by atoms with Crippen LogP contribution in [0.4, 0.5) is 0 Å². The lowest BCUT2D eigenvalue weighted by Gasteiger charge is -2.39. The zero-order valence-electron chi connectivity index (χ0n) is 12.1. The number of fused-ring (bicyclic) bond motifs is 1. The Morgan fingerprint density at radius 2 is 2.25 bits per heavy atom. The summed E-state index contributed by atoms with van der Waals surface area (Å²) in [6.45, 7) is 0.509. The second-order valence-corrected chi connectivity index (χ2v) is 6.12. The van der Waals surface area contributed by atoms with Crippen molar-refractivity contribution in [3.05, 3.63) is 18.2 Å². The molecule has 1 amide bonds. The van der Waals surface area contributed by atoms with Gasteiger partial charge in [0.25, 0.3) is 0 Å². The standard InChI is InChI=1S/C15H24N4O/c1-19-9-8-16-14(19)10-17-15(20)13-7-6-11-4-2-3-5-12(11)18-13/h8-9,11-13,18H,2-7,10H2,1H3,(H,17,20). The van der Waals surface area contributed by atoms with Crippen LogP contribution in [0.5, 0.6) is 0 Å². The molecule has 1 aliphatic carbocycles. The lowest BCUT2D eigenvalue weighted by atomic mass is 9.77. The number of aromatic nitrogens is 2. The van der Waals surface area contributed by atoms with Gasteiger partial charge in [-0.25, -0.2) is 4.98 Å². The van der Waals surface area contributed by atoms with Crippen LogP contribution in [0.15, 0.2) is 12.4 Å². The molecule has 1 aromatic heterocycles. The number of imidazole rings is 1. The first-order valence-electron chi connectivity index (χ1n) is 7.74. The first kappa shape index (κ1) is 13.6. The molecule has 2 heterocycles. The fourth-order valence-corrected chi connectivity index (χ4v) is 3.56. The van der Waals surface area contributed by atoms with Crippen molar-refractivity contribution in [3.63, 3.8) is 0 Å². The number of carbonyl (C=O) groups excluding carboxylic acids is 1. The molecule has 110 valence electrons. The van der Waals surface area contributed by atoms with Crippen LogP contribution in [0.1, 0.15) is 44.3 Å². The minimum absolute atomic E-state index is 0.0189. The molecule has 2 aliphatic rings. The van der Waals surface area contributed by atoms with E-state index in [0.29, 0.717) is 12.6 Å². The summed E-state index contributed by atoms with van der Waals surface area (Å²) in [7, 11) is 1.94. The highest BCUT2D eigenvalue weighted by atomic mass is 16.2. The molecule has 0 bridgehead atoms. The SMILES string of the molecule is Cn1ccnc1CNC(=O)C1CCC2CCCCC2N1. The van der Waals surface area contributed by atoms with Gasteiger partial charge in [-0.2, -0.15) is 0 Å². The first-order valence-corrected chi connectivity index (χ1v) is 7.74. The number of carbonyl (C=O) groups is 1. The van der Waals surface area contributed by atoms with E-state index in [1.54, 1.807) is 6.20 Å². The maximum absolute atomic E-state index is 12.3. The van der Waals surface area contributed by atoms with Crippen LogP contribution in [0.25, 0.3) is 0 Å². The third-order valence-corrected chi connectivity index (χ3v) is 4.81. The number of hydrogen-bond donors (Lipinski definition) is 2. The Hall–Kier alpha value is -1.36. The highest BCUT2D eigenvalue weighted by Crippen LogP contribution is 2.32. The van der Waals surface area contributed by atoms with Crippen molar-refractivity contribution < 1.29 is 4.79 Å². The summed E-state index contributed by atoms with van der Waals surface area (Å²) < 4.78 is 1.94. The second kappa shape index (κ2) is 5.95. The summed E-state index contributed by atoms with van der Waals surface area (Å²) >= 11 is 0. The normalized spacial score (nSPS) is 29.8. The van der Waals surface area contributed by atoms with Crippen molar-refractivity contribution >= 4 is 5.91 Å². The molecule has 2 fully saturated rings. The Bertz CT molecular complexity index is 470. The van der Waals surface area contributed by atoms with Crippen molar-refractivity contribution in [1.82, 2.24) is 20.2 Å². The van der Waals surface area contributed by atoms with Gasteiger partial charge in [0.2, 0.25) is 5.91 Å². The lowest BCUT2D eigenvalue weighted by molar-refractivity contribution is -0.124. The molecule has 3 atom stereocenters. The van der Waals surface area contributed by atoms with Crippen molar-refractivity contribution in [2.24, 2.45) is 13.0 Å². The smallest absolute Gasteiger partial charge is 0.237 e. The van der Waals surface area contributed by atoms with Gasteiger partial charge in [-0.3, -0.25) is 4.79 Å². The van der Waals surface area contributed by atoms with Crippen LogP contribution >= 0.6 is 0 Å². The molecule has 1 aliphatic heterocycles. The average Bonchev–Trinajstić information content (AvgIpc) is 2.89. The molecule has 3 unspecified atom stereocenters. The summed E-state index contributed by atoms with van der Waals surface area (Å²) in [6.07, 6.45) is 11.0. The van der Waals surface area contributed by atoms with Gasteiger partial charge in [0.1, 0.15) is 5.82 Å². The highest BCUT2D eigenvalue weighted by Gasteiger charge is 2.34. The minimum Gasteiger partial charge on any atom is -0.348 e. The number of rotatable bonds is 3. The number of hydrogen-bond acceptors (Lipinski definition) is 3. The van der Waals surface area contributed by atoms with E-state index < -0.39 is 0 Å². The zero-order chi connectivity index (χ0) is 13.9. The maximum Gasteiger partial charge on any atom is 0.237 e. The van der Waals surface area contributed by atoms with E-state index in [4.69, 9.17) is 0 Å². The van der Waals surface area contributed by atoms with Crippen molar-refractivity contribution in [3.8, 4) is 0 Å². The van der Waals surface area contributed by atoms with Crippen molar-refractivity contribution in [1.29, 1.82) is 0 Å². The Balaban J connectivity index is 1.51. The van der Waals surface area contributed by atoms with Crippen molar-refractivity contribution in [2.45, 2.75) is 57.2 Å². The fourth-order valence-electron chi connectivity index (χ4n) is 3.56. The molecule has 20 heavy (non-hydrogen) atoms. The van der Waals surface area contributed by atoms with E-state index in [9.17, 15) is 4.79 Å². The predicted molar refractivity (Wildman–Crippen MR) is 77.0 cm³/mol. The summed E-state index contributed by atoms with van der Waals surface area (Å²) in [4.78, 5) is 16.5. The van der Waals surface area contributed by atoms with Gasteiger partial charge in [-0.15, -0.1) is 0 Å². The van der Waals surface area contributed by atoms with Crippen LogP contribution in [0.3, 0.4) is 0 Å². The lowest BCUT2D eigenvalue weighted by Crippen LogP contribution is -2.54. The van der Waals surface area contributed by atoms with Crippen LogP contribution < -0.4 is 10.6 Å². The van der Waals surface area contributed by atoms with Crippen LogP contribution in [-0.4, -0.2) is 27.5 Å². The second-order valence-electron chi connectivity index (χ2n) is 6.12. The Kier molecular flexibility index (Phi) is 4.05. The molecule has 1 aromatic rings. The minimum atomic E-state index is -0.0189. The van der Waals surface area contributed by atoms with E-state index in [1.165, 1.54) is 32.1 Å². The quantitative estimate of drug-likeness (QED) is 0.876. The maximum atomic E-state index is 12.3. The molecule has 5 nitrogen and oxygen atoms in total. The number of nitrogens with one attached hydrogen (secondary N) is 2. The van der Waals surface area contributed by atoms with E-state index >= 15 is 0 Å². The Morgan fingerprint density at radius 1 is 1.40 bits per heavy atom. The summed E-state index contributed by atoms with van der Waals surface area (Å²) in [5.41, 5.74) is 0. The number of aryl methyl sites for hydroxylation is 1. The zero-order valence-corrected chi connectivity index (χ0v) is 12.1. The van der Waals surface area contributed by atoms with Crippen LogP contribution in [-0.2, 0) is 18.4 Å². The Labute approximate surface area is 120 Å². The van der Waals surface area contributed by atoms with Gasteiger partial charge in [0.15, 0.2) is 0 Å². The van der Waals surface area contributed by atoms with E-state index in [1.807, 2.05) is 17.8 Å². The molecule has 0 radical (unpaired) electrons. The molecule has 1 saturated carbocycles. The van der Waals surface area contributed by atoms with Gasteiger partial charge in [0, 0.05) is 25.5 Å². The third-order valence-electron chi connectivity index (χ3n) is 4.81. The largest absolute Gasteiger partial charge is 0.348 e. The van der Waals surface area contributed by atoms with Crippen LogP contribution in [0.2, 0.25) is 0 Å². The van der Waals surface area contributed by atoms with E-state index in [-0.39, 0.29) is 11.9 Å². The molecule has 3 rings (SSSR count). The number of piperidine rings is 1. The molecule has 0 spiro atoms. The molecule has 0 aromatic carbocycles. The molecule has 1 saturated heterocycles. The van der Waals surface area contributed by atoms with Gasteiger partial charge < -0.3 is 15.2 Å². The molecular formula is C15H24N4O. The van der Waals surface area contributed by atoms with Gasteiger partial charge in [-0.05, 0) is 31.6 Å². The highest BCUT2D eigenvalue weighted by molar-refractivity contribution is 5.81. The number of amides is 1. The molecule has 2 N–H and O–H groups in total. The third kappa shape index (κ3) is 2.87. The summed E-state index contributed by atoms with van der Waals surface area (Å²) in [6, 6.07) is 0.538. The van der Waals surface area contributed by atoms with E-state index in [2.05, 4.69) is 15.6 Å². The van der Waals surface area contributed by atoms with Gasteiger partial charge >= 0.3 is 0 Å². The van der Waals surface area contributed by atoms with Gasteiger partial charge in [-0.1, -0.05) is 12.8 Å². The van der Waals surface area contributed by atoms with E-state index in [0.717, 1.165) is 18.2 Å². The first-order chi connectivity index (χ1) is 9.74. The predicted octanol–water partition coefficient (Wildman–Crippen LogP) is 1.35. The van der Waals surface area contributed by atoms with Crippen LogP contribution in [0, 0.1) is 5.92 Å². The molecular weight excluding hydrogens is 252 g/mol. The average molecular weight is 276 g/mol. The van der Waals surface area contributed by atoms with Gasteiger partial charge in [0.05, 0.1) is 12.6 Å². The Morgan fingerprint density at radius 3 is 3.05 bits per heavy atom. The monoisotopic (exact) mass is 276 g/mol. The number of nitrogens with zero attached hydrogens (tertiary/aromatic N) is 2. The van der Waals surface area contributed by atoms with Crippen molar-refractivity contribution in [2.75, 3.05) is 0 Å². The molecule has 5 heteroatoms. The summed E-state index contributed by atoms with van der Waals surface area (Å²) in [5.74, 6) is 1.81. The topological polar surface area (TPSA) is 59.0 Å². The fraction of sp³-hybridized carbons (Fsp3) is 0.733.